The molecule has 2 aromatic carbocycles. The summed E-state index contributed by atoms with van der Waals surface area (Å²) in [7, 11) is 0. The van der Waals surface area contributed by atoms with Gasteiger partial charge in [-0.05, 0) is 29.8 Å². The van der Waals surface area contributed by atoms with Crippen molar-refractivity contribution in [2.75, 3.05) is 55.2 Å². The van der Waals surface area contributed by atoms with Crippen LogP contribution in [0.15, 0.2) is 54.6 Å². The van der Waals surface area contributed by atoms with E-state index in [1.165, 1.54) is 23.0 Å². The van der Waals surface area contributed by atoms with Crippen LogP contribution in [0.1, 0.15) is 12.0 Å². The van der Waals surface area contributed by atoms with E-state index in [0.29, 0.717) is 13.0 Å². The van der Waals surface area contributed by atoms with Crippen LogP contribution in [-0.2, 0) is 11.3 Å². The fourth-order valence-electron chi connectivity index (χ4n) is 3.85. The van der Waals surface area contributed by atoms with Gasteiger partial charge in [-0.3, -0.25) is 14.5 Å². The van der Waals surface area contributed by atoms with Crippen molar-refractivity contribution in [2.45, 2.75) is 13.0 Å². The number of benzene rings is 2. The van der Waals surface area contributed by atoms with Crippen molar-refractivity contribution in [2.24, 2.45) is 0 Å². The van der Waals surface area contributed by atoms with Gasteiger partial charge in [0, 0.05) is 69.4 Å². The summed E-state index contributed by atoms with van der Waals surface area (Å²) in [5.41, 5.74) is 3.35. The van der Waals surface area contributed by atoms with Crippen molar-refractivity contribution in [1.82, 2.24) is 9.80 Å². The van der Waals surface area contributed by atoms with Crippen LogP contribution in [0.3, 0.4) is 0 Å². The minimum Gasteiger partial charge on any atom is -0.369 e. The van der Waals surface area contributed by atoms with E-state index in [2.05, 4.69) is 57.6 Å². The Balaban J connectivity index is 1.22. The number of anilines is 2. The molecule has 0 unspecified atom stereocenters. The number of nitrogens with zero attached hydrogens (tertiary/aromatic N) is 3. The maximum Gasteiger partial charge on any atom is 0.281 e. The van der Waals surface area contributed by atoms with Crippen LogP contribution in [0.5, 0.6) is 0 Å². The summed E-state index contributed by atoms with van der Waals surface area (Å²) >= 11 is 1.32. The molecule has 2 aliphatic heterocycles. The molecule has 4 rings (SSSR count). The second-order valence-electron chi connectivity index (χ2n) is 7.70. The van der Waals surface area contributed by atoms with Crippen molar-refractivity contribution in [3.63, 3.8) is 0 Å². The van der Waals surface area contributed by atoms with Gasteiger partial charge in [0.15, 0.2) is 0 Å². The zero-order valence-corrected chi connectivity index (χ0v) is 17.9. The number of hydrogen-bond acceptors (Lipinski definition) is 5. The van der Waals surface area contributed by atoms with E-state index >= 15 is 0 Å². The van der Waals surface area contributed by atoms with Crippen molar-refractivity contribution in [1.29, 1.82) is 0 Å². The van der Waals surface area contributed by atoms with Gasteiger partial charge in [0.25, 0.3) is 5.24 Å². The van der Waals surface area contributed by atoms with E-state index in [-0.39, 0.29) is 11.1 Å². The highest BCUT2D eigenvalue weighted by molar-refractivity contribution is 8.13. The maximum atomic E-state index is 12.2. The third-order valence-corrected chi connectivity index (χ3v) is 6.48. The molecule has 0 radical (unpaired) electrons. The van der Waals surface area contributed by atoms with Crippen LogP contribution in [0, 0.1) is 0 Å². The number of rotatable bonds is 7. The molecule has 0 atom stereocenters. The molecule has 2 aromatic rings. The largest absolute Gasteiger partial charge is 0.369 e. The third kappa shape index (κ3) is 5.55. The van der Waals surface area contributed by atoms with Crippen molar-refractivity contribution < 1.29 is 9.59 Å². The lowest BCUT2D eigenvalue weighted by Crippen LogP contribution is -2.45. The molecule has 2 fully saturated rings. The number of carbonyl (C=O) groups is 2. The first kappa shape index (κ1) is 20.8. The minimum atomic E-state index is -0.0537. The van der Waals surface area contributed by atoms with Crippen molar-refractivity contribution >= 4 is 34.3 Å². The number of carbonyl (C=O) groups excluding carboxylic acids is 2. The molecule has 2 saturated heterocycles. The van der Waals surface area contributed by atoms with Crippen LogP contribution in [0.4, 0.5) is 16.2 Å². The lowest BCUT2D eigenvalue weighted by Gasteiger charge is -2.36. The SMILES string of the molecule is O=C(CCN1CCSC1=O)Nc1ccc(N2CCN(Cc3ccccc3)CC2)cc1. The Morgan fingerprint density at radius 1 is 0.933 bits per heavy atom. The van der Waals surface area contributed by atoms with Gasteiger partial charge in [-0.15, -0.1) is 0 Å². The third-order valence-electron chi connectivity index (χ3n) is 5.59. The molecule has 1 N–H and O–H groups in total. The molecular formula is C23H28N4O2S. The normalized spacial score (nSPS) is 17.4. The molecule has 7 heteroatoms. The van der Waals surface area contributed by atoms with Crippen LogP contribution in [0.25, 0.3) is 0 Å². The second kappa shape index (κ2) is 10.00. The fourth-order valence-corrected chi connectivity index (χ4v) is 4.70. The Morgan fingerprint density at radius 3 is 2.33 bits per heavy atom. The average Bonchev–Trinajstić information content (AvgIpc) is 3.19. The fraction of sp³-hybridized carbons (Fsp3) is 0.391. The molecule has 2 amide bonds. The van der Waals surface area contributed by atoms with E-state index in [1.54, 1.807) is 4.90 Å². The zero-order chi connectivity index (χ0) is 20.8. The van der Waals surface area contributed by atoms with Crippen LogP contribution in [-0.4, -0.2) is 66.0 Å². The molecule has 0 aromatic heterocycles. The van der Waals surface area contributed by atoms with Gasteiger partial charge in [0.1, 0.15) is 0 Å². The van der Waals surface area contributed by atoms with Crippen LogP contribution < -0.4 is 10.2 Å². The standard InChI is InChI=1S/C23H28N4O2S/c28-22(10-11-27-16-17-30-23(27)29)24-20-6-8-21(9-7-20)26-14-12-25(13-15-26)18-19-4-2-1-3-5-19/h1-9H,10-18H2,(H,24,28). The molecule has 0 saturated carbocycles. The Labute approximate surface area is 182 Å². The average molecular weight is 425 g/mol. The zero-order valence-electron chi connectivity index (χ0n) is 17.1. The van der Waals surface area contributed by atoms with E-state index in [0.717, 1.165) is 50.7 Å². The Kier molecular flexibility index (Phi) is 6.92. The Morgan fingerprint density at radius 2 is 1.67 bits per heavy atom. The van der Waals surface area contributed by atoms with E-state index in [1.807, 2.05) is 12.1 Å². The summed E-state index contributed by atoms with van der Waals surface area (Å²) in [4.78, 5) is 30.4. The number of piperazine rings is 1. The Hall–Kier alpha value is -2.51. The number of nitrogens with one attached hydrogen (secondary N) is 1. The number of hydrogen-bond donors (Lipinski definition) is 1. The van der Waals surface area contributed by atoms with Gasteiger partial charge in [-0.2, -0.15) is 0 Å². The summed E-state index contributed by atoms with van der Waals surface area (Å²) in [6, 6.07) is 18.7. The topological polar surface area (TPSA) is 55.9 Å². The highest BCUT2D eigenvalue weighted by Gasteiger charge is 2.21. The molecule has 6 nitrogen and oxygen atoms in total. The quantitative estimate of drug-likeness (QED) is 0.737. The molecule has 0 spiro atoms. The monoisotopic (exact) mass is 424 g/mol. The first-order valence-corrected chi connectivity index (χ1v) is 11.5. The number of thioether (sulfide) groups is 1. The van der Waals surface area contributed by atoms with Gasteiger partial charge in [-0.1, -0.05) is 42.1 Å². The molecule has 0 bridgehead atoms. The van der Waals surface area contributed by atoms with Gasteiger partial charge >= 0.3 is 0 Å². The summed E-state index contributed by atoms with van der Waals surface area (Å²) in [5, 5.41) is 3.01. The molecular weight excluding hydrogens is 396 g/mol. The van der Waals surface area contributed by atoms with E-state index in [4.69, 9.17) is 0 Å². The highest BCUT2D eigenvalue weighted by Crippen LogP contribution is 2.21. The van der Waals surface area contributed by atoms with Crippen LogP contribution >= 0.6 is 11.8 Å². The first-order valence-electron chi connectivity index (χ1n) is 10.5. The summed E-state index contributed by atoms with van der Waals surface area (Å²) < 4.78 is 0. The molecule has 2 heterocycles. The minimum absolute atomic E-state index is 0.0537. The smallest absolute Gasteiger partial charge is 0.281 e. The predicted octanol–water partition coefficient (Wildman–Crippen LogP) is 3.51. The molecule has 2 aliphatic rings. The van der Waals surface area contributed by atoms with Crippen molar-refractivity contribution in [3.05, 3.63) is 60.2 Å². The van der Waals surface area contributed by atoms with Gasteiger partial charge in [0.05, 0.1) is 0 Å². The second-order valence-corrected chi connectivity index (χ2v) is 8.74. The van der Waals surface area contributed by atoms with E-state index in [9.17, 15) is 9.59 Å². The summed E-state index contributed by atoms with van der Waals surface area (Å²) in [5.74, 6) is 0.768. The molecule has 0 aliphatic carbocycles. The van der Waals surface area contributed by atoms with Gasteiger partial charge in [-0.25, -0.2) is 0 Å². The Bertz CT molecular complexity index is 851. The van der Waals surface area contributed by atoms with E-state index < -0.39 is 0 Å². The number of amides is 2. The summed E-state index contributed by atoms with van der Waals surface area (Å²) in [6.45, 7) is 6.32. The van der Waals surface area contributed by atoms with Crippen LogP contribution in [0.2, 0.25) is 0 Å². The van der Waals surface area contributed by atoms with Gasteiger partial charge in [0.2, 0.25) is 5.91 Å². The molecule has 30 heavy (non-hydrogen) atoms. The predicted molar refractivity (Wildman–Crippen MR) is 123 cm³/mol. The highest BCUT2D eigenvalue weighted by atomic mass is 32.2. The molecule has 158 valence electrons. The summed E-state index contributed by atoms with van der Waals surface area (Å²) in [6.07, 6.45) is 0.331. The van der Waals surface area contributed by atoms with Gasteiger partial charge < -0.3 is 15.1 Å². The first-order chi connectivity index (χ1) is 14.7. The lowest BCUT2D eigenvalue weighted by molar-refractivity contribution is -0.116. The van der Waals surface area contributed by atoms with Crippen molar-refractivity contribution in [3.8, 4) is 0 Å². The maximum absolute atomic E-state index is 12.2. The lowest BCUT2D eigenvalue weighted by atomic mass is 10.2.